The fourth-order valence-corrected chi connectivity index (χ4v) is 2.50. The van der Waals surface area contributed by atoms with Crippen LogP contribution < -0.4 is 5.73 Å². The molecular weight excluding hydrogens is 212 g/mol. The first-order chi connectivity index (χ1) is 7.75. The lowest BCUT2D eigenvalue weighted by atomic mass is 9.82. The maximum atomic E-state index is 12.4. The monoisotopic (exact) mass is 240 g/mol. The smallest absolute Gasteiger partial charge is 0.227 e. The highest BCUT2D eigenvalue weighted by Crippen LogP contribution is 2.28. The highest BCUT2D eigenvalue weighted by Gasteiger charge is 2.34. The third kappa shape index (κ3) is 3.44. The molecule has 3 nitrogen and oxygen atoms in total. The Morgan fingerprint density at radius 1 is 1.29 bits per heavy atom. The van der Waals surface area contributed by atoms with Crippen LogP contribution in [-0.2, 0) is 4.79 Å². The summed E-state index contributed by atoms with van der Waals surface area (Å²) >= 11 is 0. The lowest BCUT2D eigenvalue weighted by Crippen LogP contribution is -2.50. The van der Waals surface area contributed by atoms with Gasteiger partial charge in [0, 0.05) is 19.1 Å². The minimum Gasteiger partial charge on any atom is -0.342 e. The summed E-state index contributed by atoms with van der Waals surface area (Å²) < 4.78 is 0. The molecule has 3 heteroatoms. The molecule has 0 spiro atoms. The van der Waals surface area contributed by atoms with Crippen LogP contribution in [-0.4, -0.2) is 29.9 Å². The van der Waals surface area contributed by atoms with E-state index in [9.17, 15) is 4.79 Å². The largest absolute Gasteiger partial charge is 0.342 e. The molecule has 0 saturated heterocycles. The van der Waals surface area contributed by atoms with Gasteiger partial charge in [0.2, 0.25) is 5.91 Å². The maximum Gasteiger partial charge on any atom is 0.227 e. The highest BCUT2D eigenvalue weighted by molar-refractivity contribution is 5.79. The second-order valence-electron chi connectivity index (χ2n) is 6.55. The van der Waals surface area contributed by atoms with Crippen LogP contribution in [0.15, 0.2) is 0 Å². The zero-order valence-corrected chi connectivity index (χ0v) is 12.0. The average Bonchev–Trinajstić information content (AvgIpc) is 2.25. The Labute approximate surface area is 106 Å². The van der Waals surface area contributed by atoms with Crippen LogP contribution in [0.3, 0.4) is 0 Å². The van der Waals surface area contributed by atoms with Crippen molar-refractivity contribution in [1.82, 2.24) is 4.90 Å². The van der Waals surface area contributed by atoms with Crippen molar-refractivity contribution in [2.75, 3.05) is 7.05 Å². The fraction of sp³-hybridized carbons (Fsp3) is 0.929. The molecule has 100 valence electrons. The van der Waals surface area contributed by atoms with Crippen LogP contribution in [0.25, 0.3) is 0 Å². The van der Waals surface area contributed by atoms with Crippen LogP contribution in [0, 0.1) is 11.3 Å². The number of hydrogen-bond acceptors (Lipinski definition) is 2. The number of nitrogens with two attached hydrogens (primary N) is 1. The van der Waals surface area contributed by atoms with Gasteiger partial charge in [0.05, 0.1) is 5.92 Å². The molecule has 1 saturated carbocycles. The molecule has 0 heterocycles. The Hall–Kier alpha value is -0.570. The second-order valence-corrected chi connectivity index (χ2v) is 6.55. The van der Waals surface area contributed by atoms with Crippen LogP contribution in [0.5, 0.6) is 0 Å². The Bertz CT molecular complexity index is 270. The molecule has 1 aliphatic carbocycles. The van der Waals surface area contributed by atoms with E-state index in [2.05, 4.69) is 27.7 Å². The van der Waals surface area contributed by atoms with E-state index in [-0.39, 0.29) is 29.3 Å². The summed E-state index contributed by atoms with van der Waals surface area (Å²) in [4.78, 5) is 14.3. The van der Waals surface area contributed by atoms with Crippen molar-refractivity contribution in [1.29, 1.82) is 0 Å². The Morgan fingerprint density at radius 2 is 1.82 bits per heavy atom. The van der Waals surface area contributed by atoms with Gasteiger partial charge in [-0.05, 0) is 25.2 Å². The van der Waals surface area contributed by atoms with E-state index in [1.54, 1.807) is 0 Å². The number of carbonyl (C=O) groups is 1. The van der Waals surface area contributed by atoms with Crippen molar-refractivity contribution in [3.8, 4) is 0 Å². The molecule has 3 atom stereocenters. The van der Waals surface area contributed by atoms with Crippen molar-refractivity contribution in [3.05, 3.63) is 0 Å². The second kappa shape index (κ2) is 5.38. The SMILES string of the molecule is CC(N(C)C(=O)C1CCCCC1N)C(C)(C)C. The van der Waals surface area contributed by atoms with Gasteiger partial charge in [0.15, 0.2) is 0 Å². The van der Waals surface area contributed by atoms with Crippen molar-refractivity contribution in [2.24, 2.45) is 17.1 Å². The van der Waals surface area contributed by atoms with Gasteiger partial charge in [-0.2, -0.15) is 0 Å². The predicted octanol–water partition coefficient (Wildman–Crippen LogP) is 2.40. The summed E-state index contributed by atoms with van der Waals surface area (Å²) in [6.45, 7) is 8.62. The van der Waals surface area contributed by atoms with Crippen LogP contribution in [0.4, 0.5) is 0 Å². The number of carbonyl (C=O) groups excluding carboxylic acids is 1. The van der Waals surface area contributed by atoms with Crippen molar-refractivity contribution in [2.45, 2.75) is 65.5 Å². The summed E-state index contributed by atoms with van der Waals surface area (Å²) in [6, 6.07) is 0.301. The zero-order valence-electron chi connectivity index (χ0n) is 12.0. The standard InChI is InChI=1S/C14H28N2O/c1-10(14(2,3)4)16(5)13(17)11-8-6-7-9-12(11)15/h10-12H,6-9,15H2,1-5H3. The number of nitrogens with zero attached hydrogens (tertiary/aromatic N) is 1. The summed E-state index contributed by atoms with van der Waals surface area (Å²) in [5.74, 6) is 0.276. The zero-order chi connectivity index (χ0) is 13.2. The quantitative estimate of drug-likeness (QED) is 0.805. The molecule has 0 aromatic carbocycles. The van der Waals surface area contributed by atoms with E-state index >= 15 is 0 Å². The van der Waals surface area contributed by atoms with Gasteiger partial charge in [0.1, 0.15) is 0 Å². The van der Waals surface area contributed by atoms with E-state index in [1.165, 1.54) is 6.42 Å². The minimum absolute atomic E-state index is 0.0403. The van der Waals surface area contributed by atoms with Gasteiger partial charge in [-0.15, -0.1) is 0 Å². The maximum absolute atomic E-state index is 12.4. The van der Waals surface area contributed by atoms with Crippen LogP contribution >= 0.6 is 0 Å². The molecule has 0 radical (unpaired) electrons. The van der Waals surface area contributed by atoms with Crippen molar-refractivity contribution in [3.63, 3.8) is 0 Å². The number of amides is 1. The molecule has 0 bridgehead atoms. The molecule has 0 aromatic heterocycles. The van der Waals surface area contributed by atoms with Gasteiger partial charge < -0.3 is 10.6 Å². The summed E-state index contributed by atoms with van der Waals surface area (Å²) in [5, 5.41) is 0. The van der Waals surface area contributed by atoms with E-state index < -0.39 is 0 Å². The molecule has 1 aliphatic rings. The van der Waals surface area contributed by atoms with Gasteiger partial charge >= 0.3 is 0 Å². The third-order valence-corrected chi connectivity index (χ3v) is 4.32. The first-order valence-corrected chi connectivity index (χ1v) is 6.77. The minimum atomic E-state index is 0.0403. The lowest BCUT2D eigenvalue weighted by Gasteiger charge is -2.39. The first kappa shape index (κ1) is 14.5. The average molecular weight is 240 g/mol. The third-order valence-electron chi connectivity index (χ3n) is 4.32. The molecular formula is C14H28N2O. The molecule has 1 rings (SSSR count). The van der Waals surface area contributed by atoms with E-state index in [4.69, 9.17) is 5.73 Å². The van der Waals surface area contributed by atoms with E-state index in [1.807, 2.05) is 11.9 Å². The first-order valence-electron chi connectivity index (χ1n) is 6.77. The van der Waals surface area contributed by atoms with Gasteiger partial charge in [-0.1, -0.05) is 33.6 Å². The highest BCUT2D eigenvalue weighted by atomic mass is 16.2. The van der Waals surface area contributed by atoms with Gasteiger partial charge in [0.25, 0.3) is 0 Å². The molecule has 2 N–H and O–H groups in total. The molecule has 17 heavy (non-hydrogen) atoms. The Balaban J connectivity index is 2.68. The molecule has 3 unspecified atom stereocenters. The molecule has 0 aromatic rings. The molecule has 1 fully saturated rings. The topological polar surface area (TPSA) is 46.3 Å². The van der Waals surface area contributed by atoms with Crippen molar-refractivity contribution < 1.29 is 4.79 Å². The van der Waals surface area contributed by atoms with Crippen LogP contribution in [0.2, 0.25) is 0 Å². The van der Waals surface area contributed by atoms with E-state index in [0.29, 0.717) is 0 Å². The molecule has 1 amide bonds. The van der Waals surface area contributed by atoms with Gasteiger partial charge in [-0.3, -0.25) is 4.79 Å². The van der Waals surface area contributed by atoms with Gasteiger partial charge in [-0.25, -0.2) is 0 Å². The lowest BCUT2D eigenvalue weighted by molar-refractivity contribution is -0.139. The van der Waals surface area contributed by atoms with Crippen LogP contribution in [0.1, 0.15) is 53.4 Å². The number of hydrogen-bond donors (Lipinski definition) is 1. The Morgan fingerprint density at radius 3 is 2.29 bits per heavy atom. The van der Waals surface area contributed by atoms with E-state index in [0.717, 1.165) is 19.3 Å². The normalized spacial score (nSPS) is 27.6. The summed E-state index contributed by atoms with van der Waals surface area (Å²) in [6.07, 6.45) is 4.26. The Kier molecular flexibility index (Phi) is 4.59. The predicted molar refractivity (Wildman–Crippen MR) is 71.6 cm³/mol. The summed E-state index contributed by atoms with van der Waals surface area (Å²) in [7, 11) is 1.92. The van der Waals surface area contributed by atoms with Crippen molar-refractivity contribution >= 4 is 5.91 Å². The molecule has 0 aliphatic heterocycles. The number of rotatable bonds is 2. The fourth-order valence-electron chi connectivity index (χ4n) is 2.50. The summed E-state index contributed by atoms with van der Waals surface area (Å²) in [5.41, 5.74) is 6.19.